The van der Waals surface area contributed by atoms with E-state index in [1.54, 1.807) is 11.8 Å². The molecule has 0 amide bonds. The first kappa shape index (κ1) is 14.0. The van der Waals surface area contributed by atoms with Gasteiger partial charge in [0.05, 0.1) is 24.5 Å². The minimum absolute atomic E-state index is 0.216. The summed E-state index contributed by atoms with van der Waals surface area (Å²) in [5, 5.41) is 16.8. The summed E-state index contributed by atoms with van der Waals surface area (Å²) >= 11 is 0. The maximum absolute atomic E-state index is 9.14. The molecule has 0 spiro atoms. The zero-order chi connectivity index (χ0) is 12.8. The van der Waals surface area contributed by atoms with Crippen molar-refractivity contribution in [3.8, 4) is 5.88 Å². The second-order valence-electron chi connectivity index (χ2n) is 4.36. The summed E-state index contributed by atoms with van der Waals surface area (Å²) in [5.41, 5.74) is 2.10. The Morgan fingerprint density at radius 1 is 1.53 bits per heavy atom. The van der Waals surface area contributed by atoms with E-state index >= 15 is 0 Å². The van der Waals surface area contributed by atoms with Gasteiger partial charge in [-0.1, -0.05) is 0 Å². The van der Waals surface area contributed by atoms with Gasteiger partial charge in [0.25, 0.3) is 0 Å². The molecule has 0 radical (unpaired) electrons. The molecule has 0 aliphatic heterocycles. The van der Waals surface area contributed by atoms with Crippen molar-refractivity contribution in [2.45, 2.75) is 39.3 Å². The molecular weight excluding hydrogens is 218 g/mol. The first-order valence-electron chi connectivity index (χ1n) is 6.01. The first-order chi connectivity index (χ1) is 8.06. The third-order valence-corrected chi connectivity index (χ3v) is 2.76. The van der Waals surface area contributed by atoms with Crippen LogP contribution in [-0.4, -0.2) is 34.6 Å². The van der Waals surface area contributed by atoms with Crippen LogP contribution < -0.4 is 10.1 Å². The van der Waals surface area contributed by atoms with Gasteiger partial charge in [-0.2, -0.15) is 5.10 Å². The predicted octanol–water partition coefficient (Wildman–Crippen LogP) is 0.988. The Kier molecular flexibility index (Phi) is 5.44. The van der Waals surface area contributed by atoms with Gasteiger partial charge in [0.1, 0.15) is 0 Å². The predicted molar refractivity (Wildman–Crippen MR) is 67.1 cm³/mol. The van der Waals surface area contributed by atoms with Gasteiger partial charge in [0.2, 0.25) is 5.88 Å². The van der Waals surface area contributed by atoms with Crippen molar-refractivity contribution < 1.29 is 9.84 Å². The zero-order valence-corrected chi connectivity index (χ0v) is 11.2. The van der Waals surface area contributed by atoms with Crippen molar-refractivity contribution in [1.29, 1.82) is 0 Å². The van der Waals surface area contributed by atoms with Crippen molar-refractivity contribution in [3.05, 3.63) is 11.3 Å². The van der Waals surface area contributed by atoms with E-state index in [9.17, 15) is 0 Å². The molecule has 0 aliphatic rings. The number of nitrogens with zero attached hydrogens (tertiary/aromatic N) is 2. The molecule has 0 aromatic carbocycles. The quantitative estimate of drug-likeness (QED) is 0.699. The van der Waals surface area contributed by atoms with Gasteiger partial charge in [-0.15, -0.1) is 0 Å². The molecule has 17 heavy (non-hydrogen) atoms. The normalized spacial score (nSPS) is 12.8. The summed E-state index contributed by atoms with van der Waals surface area (Å²) in [7, 11) is 3.54. The highest BCUT2D eigenvalue weighted by Gasteiger charge is 2.12. The fourth-order valence-electron chi connectivity index (χ4n) is 1.88. The maximum atomic E-state index is 9.14. The van der Waals surface area contributed by atoms with Gasteiger partial charge in [-0.25, -0.2) is 4.68 Å². The molecule has 0 aliphatic carbocycles. The summed E-state index contributed by atoms with van der Waals surface area (Å²) in [5.74, 6) is 0.811. The van der Waals surface area contributed by atoms with Gasteiger partial charge in [0, 0.05) is 13.6 Å². The number of aliphatic hydroxyl groups is 1. The van der Waals surface area contributed by atoms with Crippen LogP contribution in [0, 0.1) is 6.92 Å². The summed E-state index contributed by atoms with van der Waals surface area (Å²) in [6.45, 7) is 5.44. The number of rotatable bonds is 7. The average molecular weight is 241 g/mol. The van der Waals surface area contributed by atoms with E-state index in [1.807, 2.05) is 20.9 Å². The second-order valence-corrected chi connectivity index (χ2v) is 4.36. The molecule has 0 saturated heterocycles. The number of aromatic nitrogens is 2. The van der Waals surface area contributed by atoms with Crippen LogP contribution in [0.4, 0.5) is 0 Å². The number of aliphatic hydroxyl groups excluding tert-OH is 1. The molecular formula is C12H23N3O2. The van der Waals surface area contributed by atoms with Crippen LogP contribution in [0.5, 0.6) is 5.88 Å². The Balaban J connectivity index is 2.41. The van der Waals surface area contributed by atoms with Crippen molar-refractivity contribution in [1.82, 2.24) is 15.1 Å². The number of methoxy groups -OCH3 is 1. The van der Waals surface area contributed by atoms with Crippen LogP contribution in [0.2, 0.25) is 0 Å². The Bertz CT molecular complexity index is 348. The molecule has 0 saturated carbocycles. The van der Waals surface area contributed by atoms with Crippen molar-refractivity contribution in [2.24, 2.45) is 7.05 Å². The highest BCUT2D eigenvalue weighted by Crippen LogP contribution is 2.20. The maximum Gasteiger partial charge on any atom is 0.216 e. The molecule has 1 atom stereocenters. The smallest absolute Gasteiger partial charge is 0.216 e. The van der Waals surface area contributed by atoms with E-state index < -0.39 is 0 Å². The molecule has 2 N–H and O–H groups in total. The molecule has 1 aromatic rings. The van der Waals surface area contributed by atoms with Gasteiger partial charge in [-0.3, -0.25) is 0 Å². The van der Waals surface area contributed by atoms with Gasteiger partial charge in [-0.05, 0) is 33.2 Å². The molecule has 1 rings (SSSR count). The highest BCUT2D eigenvalue weighted by atomic mass is 16.5. The van der Waals surface area contributed by atoms with Gasteiger partial charge >= 0.3 is 0 Å². The first-order valence-corrected chi connectivity index (χ1v) is 6.01. The SMILES string of the molecule is COc1c(CNCCCC(C)O)c(C)nn1C. The summed E-state index contributed by atoms with van der Waals surface area (Å²) in [6.07, 6.45) is 1.58. The standard InChI is InChI=1S/C12H23N3O2/c1-9(16)6-5-7-13-8-11-10(2)14-15(3)12(11)17-4/h9,13,16H,5-8H2,1-4H3. The minimum Gasteiger partial charge on any atom is -0.481 e. The van der Waals surface area contributed by atoms with E-state index in [2.05, 4.69) is 10.4 Å². The monoisotopic (exact) mass is 241 g/mol. The average Bonchev–Trinajstić information content (AvgIpc) is 2.52. The van der Waals surface area contributed by atoms with E-state index in [-0.39, 0.29) is 6.10 Å². The Hall–Kier alpha value is -1.07. The van der Waals surface area contributed by atoms with Crippen LogP contribution in [0.3, 0.4) is 0 Å². The van der Waals surface area contributed by atoms with Crippen LogP contribution in [-0.2, 0) is 13.6 Å². The van der Waals surface area contributed by atoms with E-state index in [1.165, 1.54) is 0 Å². The molecule has 1 heterocycles. The van der Waals surface area contributed by atoms with Crippen LogP contribution in [0.15, 0.2) is 0 Å². The number of hydrogen-bond donors (Lipinski definition) is 2. The lowest BCUT2D eigenvalue weighted by Gasteiger charge is -2.07. The number of nitrogens with one attached hydrogen (secondary N) is 1. The Labute approximate surface area is 103 Å². The van der Waals surface area contributed by atoms with Gasteiger partial charge < -0.3 is 15.2 Å². The summed E-state index contributed by atoms with van der Waals surface area (Å²) in [4.78, 5) is 0. The van der Waals surface area contributed by atoms with Crippen LogP contribution in [0.1, 0.15) is 31.0 Å². The summed E-state index contributed by atoms with van der Waals surface area (Å²) < 4.78 is 7.06. The third kappa shape index (κ3) is 4.02. The lowest BCUT2D eigenvalue weighted by atomic mass is 10.2. The molecule has 98 valence electrons. The zero-order valence-electron chi connectivity index (χ0n) is 11.2. The lowest BCUT2D eigenvalue weighted by Crippen LogP contribution is -2.17. The largest absolute Gasteiger partial charge is 0.481 e. The molecule has 5 heteroatoms. The fraction of sp³-hybridized carbons (Fsp3) is 0.750. The highest BCUT2D eigenvalue weighted by molar-refractivity contribution is 5.30. The molecule has 1 unspecified atom stereocenters. The number of aryl methyl sites for hydroxylation is 2. The number of hydrogen-bond acceptors (Lipinski definition) is 4. The lowest BCUT2D eigenvalue weighted by molar-refractivity contribution is 0.181. The fourth-order valence-corrected chi connectivity index (χ4v) is 1.88. The molecule has 0 bridgehead atoms. The Morgan fingerprint density at radius 3 is 2.82 bits per heavy atom. The van der Waals surface area contributed by atoms with Crippen LogP contribution >= 0.6 is 0 Å². The number of ether oxygens (including phenoxy) is 1. The van der Waals surface area contributed by atoms with Crippen molar-refractivity contribution in [3.63, 3.8) is 0 Å². The van der Waals surface area contributed by atoms with Crippen molar-refractivity contribution >= 4 is 0 Å². The van der Waals surface area contributed by atoms with Gasteiger partial charge in [0.15, 0.2) is 0 Å². The van der Waals surface area contributed by atoms with E-state index in [4.69, 9.17) is 9.84 Å². The minimum atomic E-state index is -0.216. The molecule has 5 nitrogen and oxygen atoms in total. The van der Waals surface area contributed by atoms with E-state index in [0.29, 0.717) is 0 Å². The third-order valence-electron chi connectivity index (χ3n) is 2.76. The van der Waals surface area contributed by atoms with E-state index in [0.717, 1.165) is 43.1 Å². The molecule has 0 fully saturated rings. The molecule has 1 aromatic heterocycles. The Morgan fingerprint density at radius 2 is 2.24 bits per heavy atom. The second kappa shape index (κ2) is 6.61. The summed E-state index contributed by atoms with van der Waals surface area (Å²) in [6, 6.07) is 0. The van der Waals surface area contributed by atoms with Crippen molar-refractivity contribution in [2.75, 3.05) is 13.7 Å². The topological polar surface area (TPSA) is 59.3 Å². The van der Waals surface area contributed by atoms with Crippen LogP contribution in [0.25, 0.3) is 0 Å².